The minimum Gasteiger partial charge on any atom is -0.457 e. The third kappa shape index (κ3) is 4.73. The molecular weight excluding hydrogens is 512 g/mol. The quantitative estimate of drug-likeness (QED) is 0.285. The third-order valence-electron chi connectivity index (χ3n) is 7.12. The minimum absolute atomic E-state index is 0.290. The topological polar surface area (TPSA) is 97.4 Å². The van der Waals surface area contributed by atoms with E-state index in [4.69, 9.17) is 4.74 Å². The first-order valence-corrected chi connectivity index (χ1v) is 12.9. The summed E-state index contributed by atoms with van der Waals surface area (Å²) in [7, 11) is 0. The minimum atomic E-state index is -0.709. The van der Waals surface area contributed by atoms with Crippen molar-refractivity contribution in [3.63, 3.8) is 0 Å². The van der Waals surface area contributed by atoms with Crippen LogP contribution in [0.1, 0.15) is 55.1 Å². The highest BCUT2D eigenvalue weighted by molar-refractivity contribution is 5.97. The molecule has 41 heavy (non-hydrogen) atoms. The fraction of sp³-hybridized carbons (Fsp3) is 0.0588. The molecule has 0 fully saturated rings. The molecule has 0 bridgehead atoms. The van der Waals surface area contributed by atoms with E-state index in [1.54, 1.807) is 60.9 Å². The van der Waals surface area contributed by atoms with Crippen molar-refractivity contribution >= 4 is 24.0 Å². The normalized spacial score (nSPS) is 16.6. The molecule has 2 aliphatic rings. The van der Waals surface area contributed by atoms with E-state index in [9.17, 15) is 20.1 Å². The summed E-state index contributed by atoms with van der Waals surface area (Å²) in [6, 6.07) is 31.4. The Hall–Kier alpha value is -5.92. The molecule has 0 aromatic heterocycles. The predicted molar refractivity (Wildman–Crippen MR) is 153 cm³/mol. The number of nitriles is 2. The Labute approximate surface area is 237 Å². The molecule has 0 aliphatic carbocycles. The van der Waals surface area contributed by atoms with E-state index in [-0.39, 0.29) is 11.8 Å². The van der Waals surface area contributed by atoms with Crippen LogP contribution in [0.25, 0.3) is 12.2 Å². The van der Waals surface area contributed by atoms with Gasteiger partial charge in [0.1, 0.15) is 23.6 Å². The number of rotatable bonds is 4. The highest BCUT2D eigenvalue weighted by atomic mass is 16.5. The van der Waals surface area contributed by atoms with E-state index in [1.165, 1.54) is 9.80 Å². The van der Waals surface area contributed by atoms with Gasteiger partial charge in [-0.25, -0.2) is 0 Å². The van der Waals surface area contributed by atoms with Crippen molar-refractivity contribution in [3.05, 3.63) is 143 Å². The highest BCUT2D eigenvalue weighted by Gasteiger charge is 2.29. The third-order valence-corrected chi connectivity index (χ3v) is 7.12. The first-order valence-electron chi connectivity index (χ1n) is 12.9. The molecule has 0 saturated heterocycles. The first kappa shape index (κ1) is 25.4. The lowest BCUT2D eigenvalue weighted by Gasteiger charge is -2.28. The van der Waals surface area contributed by atoms with Gasteiger partial charge in [0.05, 0.1) is 12.1 Å². The summed E-state index contributed by atoms with van der Waals surface area (Å²) in [5.41, 5.74) is 4.26. The van der Waals surface area contributed by atoms with Gasteiger partial charge in [-0.2, -0.15) is 10.5 Å². The fourth-order valence-electron chi connectivity index (χ4n) is 5.02. The molecule has 7 nitrogen and oxygen atoms in total. The average molecular weight is 535 g/mol. The first-order chi connectivity index (χ1) is 20.1. The number of benzene rings is 4. The molecule has 0 saturated carbocycles. The van der Waals surface area contributed by atoms with Crippen molar-refractivity contribution in [2.75, 3.05) is 0 Å². The second kappa shape index (κ2) is 10.7. The predicted octanol–water partition coefficient (Wildman–Crippen LogP) is 6.86. The number of fused-ring (bicyclic) bond motifs is 2. The van der Waals surface area contributed by atoms with Crippen LogP contribution in [0.3, 0.4) is 0 Å². The molecule has 0 radical (unpaired) electrons. The standard InChI is InChI=1S/C34H22N4O3/c35-21-31-29-7-3-1-5-23(29)17-19-37(31)33(39)25-9-13-27(14-10-25)41-28-15-11-26(12-16-28)34(40)38-20-18-24-6-2-4-8-30(24)32(38)22-36/h1-20,31-32H. The average Bonchev–Trinajstić information content (AvgIpc) is 3.03. The molecule has 2 atom stereocenters. The van der Waals surface area contributed by atoms with E-state index in [0.717, 1.165) is 22.3 Å². The van der Waals surface area contributed by atoms with E-state index in [1.807, 2.05) is 60.7 Å². The van der Waals surface area contributed by atoms with Crippen LogP contribution in [-0.2, 0) is 0 Å². The Morgan fingerprint density at radius 3 is 1.37 bits per heavy atom. The fourth-order valence-corrected chi connectivity index (χ4v) is 5.02. The molecule has 2 unspecified atom stereocenters. The van der Waals surface area contributed by atoms with Crippen LogP contribution in [0.2, 0.25) is 0 Å². The maximum Gasteiger partial charge on any atom is 0.259 e. The van der Waals surface area contributed by atoms with E-state index >= 15 is 0 Å². The molecule has 0 spiro atoms. The zero-order chi connectivity index (χ0) is 28.3. The van der Waals surface area contributed by atoms with Gasteiger partial charge in [0.15, 0.2) is 0 Å². The van der Waals surface area contributed by atoms with Gasteiger partial charge in [-0.1, -0.05) is 48.5 Å². The lowest BCUT2D eigenvalue weighted by molar-refractivity contribution is 0.0786. The summed E-state index contributed by atoms with van der Waals surface area (Å²) in [6.07, 6.45) is 6.94. The van der Waals surface area contributed by atoms with Crippen LogP contribution >= 0.6 is 0 Å². The number of hydrogen-bond donors (Lipinski definition) is 0. The zero-order valence-corrected chi connectivity index (χ0v) is 21.7. The van der Waals surface area contributed by atoms with Gasteiger partial charge in [-0.3, -0.25) is 19.4 Å². The van der Waals surface area contributed by atoms with Crippen LogP contribution in [0.15, 0.2) is 109 Å². The van der Waals surface area contributed by atoms with Crippen LogP contribution < -0.4 is 4.74 Å². The molecule has 196 valence electrons. The Morgan fingerprint density at radius 1 is 0.585 bits per heavy atom. The second-order valence-corrected chi connectivity index (χ2v) is 9.53. The maximum absolute atomic E-state index is 13.2. The monoisotopic (exact) mass is 534 g/mol. The van der Waals surface area contributed by atoms with Gasteiger partial charge in [-0.15, -0.1) is 0 Å². The zero-order valence-electron chi connectivity index (χ0n) is 21.7. The number of carbonyl (C=O) groups excluding carboxylic acids is 2. The van der Waals surface area contributed by atoms with Gasteiger partial charge in [0.25, 0.3) is 11.8 Å². The van der Waals surface area contributed by atoms with Crippen molar-refractivity contribution in [3.8, 4) is 23.6 Å². The van der Waals surface area contributed by atoms with Crippen LogP contribution in [-0.4, -0.2) is 21.6 Å². The van der Waals surface area contributed by atoms with Crippen LogP contribution in [0.4, 0.5) is 0 Å². The van der Waals surface area contributed by atoms with Gasteiger partial charge in [0, 0.05) is 23.5 Å². The Morgan fingerprint density at radius 2 is 0.976 bits per heavy atom. The lowest BCUT2D eigenvalue weighted by atomic mass is 9.96. The summed E-state index contributed by atoms with van der Waals surface area (Å²) in [5, 5.41) is 19.5. The summed E-state index contributed by atoms with van der Waals surface area (Å²) in [6.45, 7) is 0. The van der Waals surface area contributed by atoms with Gasteiger partial charge >= 0.3 is 0 Å². The maximum atomic E-state index is 13.2. The largest absolute Gasteiger partial charge is 0.457 e. The number of ether oxygens (including phenoxy) is 1. The van der Waals surface area contributed by atoms with E-state index in [2.05, 4.69) is 12.1 Å². The number of nitrogens with zero attached hydrogens (tertiary/aromatic N) is 4. The second-order valence-electron chi connectivity index (χ2n) is 9.53. The molecule has 6 rings (SSSR count). The summed E-state index contributed by atoms with van der Waals surface area (Å²) in [4.78, 5) is 29.3. The Bertz CT molecular complexity index is 1660. The number of hydrogen-bond acceptors (Lipinski definition) is 5. The molecule has 2 amide bonds. The summed E-state index contributed by atoms with van der Waals surface area (Å²) >= 11 is 0. The van der Waals surface area contributed by atoms with Crippen molar-refractivity contribution in [2.24, 2.45) is 0 Å². The smallest absolute Gasteiger partial charge is 0.259 e. The SMILES string of the molecule is N#CC1c2ccccc2C=CN1C(=O)c1ccc(Oc2ccc(C(=O)N3C=Cc4ccccc4C3C#N)cc2)cc1. The van der Waals surface area contributed by atoms with E-state index in [0.29, 0.717) is 22.6 Å². The van der Waals surface area contributed by atoms with Crippen LogP contribution in [0.5, 0.6) is 11.5 Å². The Balaban J connectivity index is 1.13. The van der Waals surface area contributed by atoms with Crippen LogP contribution in [0, 0.1) is 22.7 Å². The van der Waals surface area contributed by atoms with Crippen molar-refractivity contribution in [2.45, 2.75) is 12.1 Å². The van der Waals surface area contributed by atoms with Gasteiger partial charge < -0.3 is 4.74 Å². The van der Waals surface area contributed by atoms with Crippen molar-refractivity contribution in [1.82, 2.24) is 9.80 Å². The van der Waals surface area contributed by atoms with E-state index < -0.39 is 12.1 Å². The lowest BCUT2D eigenvalue weighted by Crippen LogP contribution is -2.31. The molecule has 4 aromatic rings. The molecule has 2 heterocycles. The molecular formula is C34H22N4O3. The summed E-state index contributed by atoms with van der Waals surface area (Å²) in [5.74, 6) is 0.442. The number of carbonyl (C=O) groups is 2. The van der Waals surface area contributed by atoms with Gasteiger partial charge in [0.2, 0.25) is 0 Å². The summed E-state index contributed by atoms with van der Waals surface area (Å²) < 4.78 is 5.93. The molecule has 4 aromatic carbocycles. The molecule has 2 aliphatic heterocycles. The van der Waals surface area contributed by atoms with Crippen molar-refractivity contribution in [1.29, 1.82) is 10.5 Å². The highest BCUT2D eigenvalue weighted by Crippen LogP contribution is 2.33. The van der Waals surface area contributed by atoms with Gasteiger partial charge in [-0.05, 0) is 82.9 Å². The van der Waals surface area contributed by atoms with Crippen molar-refractivity contribution < 1.29 is 14.3 Å². The Kier molecular flexibility index (Phi) is 6.61. The number of amides is 2. The molecule has 0 N–H and O–H groups in total. The molecule has 7 heteroatoms.